The number of hydrogen-bond donors (Lipinski definition) is 2. The second kappa shape index (κ2) is 6.98. The molecule has 0 aromatic rings. The fraction of sp³-hybridized carbons (Fsp3) is 0.750. The van der Waals surface area contributed by atoms with Gasteiger partial charge in [-0.3, -0.25) is 14.4 Å². The Balaban J connectivity index is 2.23. The lowest BCUT2D eigenvalue weighted by Gasteiger charge is -2.16. The van der Waals surface area contributed by atoms with Gasteiger partial charge in [0.1, 0.15) is 6.04 Å². The minimum absolute atomic E-state index is 0.0886. The van der Waals surface area contributed by atoms with Gasteiger partial charge in [-0.25, -0.2) is 0 Å². The van der Waals surface area contributed by atoms with Crippen molar-refractivity contribution < 1.29 is 19.1 Å². The monoisotopic (exact) mass is 256 g/mol. The number of rotatable bonds is 6. The van der Waals surface area contributed by atoms with Crippen molar-refractivity contribution in [2.24, 2.45) is 0 Å². The summed E-state index contributed by atoms with van der Waals surface area (Å²) in [6.07, 6.45) is 1.75. The van der Waals surface area contributed by atoms with Crippen LogP contribution in [0, 0.1) is 0 Å². The number of carbonyl (C=O) groups excluding carboxylic acids is 3. The first-order valence-electron chi connectivity index (χ1n) is 6.28. The van der Waals surface area contributed by atoms with Gasteiger partial charge in [-0.1, -0.05) is 0 Å². The first-order chi connectivity index (χ1) is 8.52. The molecule has 6 nitrogen and oxygen atoms in total. The summed E-state index contributed by atoms with van der Waals surface area (Å²) in [5.74, 6) is -0.528. The van der Waals surface area contributed by atoms with E-state index in [-0.39, 0.29) is 30.2 Å². The molecular formula is C12H20N2O4. The first-order valence-corrected chi connectivity index (χ1v) is 6.28. The molecule has 1 aliphatic heterocycles. The van der Waals surface area contributed by atoms with Gasteiger partial charge in [0.15, 0.2) is 0 Å². The van der Waals surface area contributed by atoms with Gasteiger partial charge in [0.25, 0.3) is 0 Å². The second-order valence-corrected chi connectivity index (χ2v) is 4.41. The van der Waals surface area contributed by atoms with Crippen LogP contribution in [-0.2, 0) is 19.1 Å². The Morgan fingerprint density at radius 1 is 1.56 bits per heavy atom. The number of ether oxygens (including phenoxy) is 1. The van der Waals surface area contributed by atoms with Crippen molar-refractivity contribution >= 4 is 17.8 Å². The summed E-state index contributed by atoms with van der Waals surface area (Å²) < 4.78 is 4.80. The van der Waals surface area contributed by atoms with Crippen LogP contribution in [0.1, 0.15) is 39.5 Å². The highest BCUT2D eigenvalue weighted by molar-refractivity contribution is 5.90. The third kappa shape index (κ3) is 4.73. The molecule has 0 aromatic heterocycles. The largest absolute Gasteiger partial charge is 0.466 e. The van der Waals surface area contributed by atoms with Gasteiger partial charge >= 0.3 is 5.97 Å². The van der Waals surface area contributed by atoms with Gasteiger partial charge in [-0.2, -0.15) is 0 Å². The van der Waals surface area contributed by atoms with Crippen molar-refractivity contribution in [3.05, 3.63) is 0 Å². The lowest BCUT2D eigenvalue weighted by molar-refractivity contribution is -0.143. The molecule has 1 rings (SSSR count). The van der Waals surface area contributed by atoms with E-state index in [9.17, 15) is 14.4 Å². The Bertz CT molecular complexity index is 330. The molecule has 0 aliphatic carbocycles. The summed E-state index contributed by atoms with van der Waals surface area (Å²) in [5, 5.41) is 5.38. The molecule has 0 spiro atoms. The standard InChI is InChI=1S/C12H20N2O4/c1-3-18-11(16)7-4-8(2)13-12(17)9-5-6-10(15)14-9/h8-9H,3-7H2,1-2H3,(H,13,17)(H,14,15)/t8?,9-/m0/s1. The molecular weight excluding hydrogens is 236 g/mol. The Hall–Kier alpha value is -1.59. The van der Waals surface area contributed by atoms with E-state index in [1.807, 2.05) is 6.92 Å². The minimum atomic E-state index is -0.428. The van der Waals surface area contributed by atoms with Crippen LogP contribution < -0.4 is 10.6 Å². The van der Waals surface area contributed by atoms with Gasteiger partial charge in [0.2, 0.25) is 11.8 Å². The number of nitrogens with one attached hydrogen (secondary N) is 2. The normalized spacial score (nSPS) is 20.1. The van der Waals surface area contributed by atoms with Crippen LogP contribution in [0.15, 0.2) is 0 Å². The Kier molecular flexibility index (Phi) is 5.61. The minimum Gasteiger partial charge on any atom is -0.466 e. The summed E-state index contributed by atoms with van der Waals surface area (Å²) in [7, 11) is 0. The summed E-state index contributed by atoms with van der Waals surface area (Å²) >= 11 is 0. The van der Waals surface area contributed by atoms with E-state index in [1.165, 1.54) is 0 Å². The molecule has 1 aliphatic rings. The highest BCUT2D eigenvalue weighted by Crippen LogP contribution is 2.07. The van der Waals surface area contributed by atoms with Gasteiger partial charge < -0.3 is 15.4 Å². The number of carbonyl (C=O) groups is 3. The Morgan fingerprint density at radius 2 is 2.28 bits per heavy atom. The number of hydrogen-bond acceptors (Lipinski definition) is 4. The third-order valence-corrected chi connectivity index (χ3v) is 2.79. The maximum atomic E-state index is 11.7. The maximum absolute atomic E-state index is 11.7. The average Bonchev–Trinajstić information content (AvgIpc) is 2.74. The summed E-state index contributed by atoms with van der Waals surface area (Å²) in [4.78, 5) is 33.8. The van der Waals surface area contributed by atoms with E-state index >= 15 is 0 Å². The van der Waals surface area contributed by atoms with Gasteiger partial charge in [0.05, 0.1) is 6.61 Å². The molecule has 1 heterocycles. The van der Waals surface area contributed by atoms with Crippen LogP contribution in [0.4, 0.5) is 0 Å². The lowest BCUT2D eigenvalue weighted by atomic mass is 10.1. The Labute approximate surface area is 106 Å². The van der Waals surface area contributed by atoms with E-state index < -0.39 is 6.04 Å². The molecule has 2 atom stereocenters. The molecule has 1 unspecified atom stereocenters. The van der Waals surface area contributed by atoms with Crippen molar-refractivity contribution in [3.8, 4) is 0 Å². The summed E-state index contributed by atoms with van der Waals surface area (Å²) in [6.45, 7) is 3.95. The maximum Gasteiger partial charge on any atom is 0.305 e. The van der Waals surface area contributed by atoms with E-state index in [0.717, 1.165) is 0 Å². The molecule has 2 amide bonds. The van der Waals surface area contributed by atoms with Crippen LogP contribution >= 0.6 is 0 Å². The molecule has 0 saturated carbocycles. The van der Waals surface area contributed by atoms with Crippen LogP contribution in [0.25, 0.3) is 0 Å². The number of amides is 2. The average molecular weight is 256 g/mol. The molecule has 0 bridgehead atoms. The van der Waals surface area contributed by atoms with Crippen LogP contribution in [-0.4, -0.2) is 36.5 Å². The zero-order valence-electron chi connectivity index (χ0n) is 10.8. The topological polar surface area (TPSA) is 84.5 Å². The van der Waals surface area contributed by atoms with Crippen LogP contribution in [0.5, 0.6) is 0 Å². The molecule has 1 fully saturated rings. The van der Waals surface area contributed by atoms with E-state index in [0.29, 0.717) is 25.9 Å². The molecule has 102 valence electrons. The molecule has 6 heteroatoms. The quantitative estimate of drug-likeness (QED) is 0.661. The SMILES string of the molecule is CCOC(=O)CCC(C)NC(=O)[C@@H]1CCC(=O)N1. The number of esters is 1. The fourth-order valence-corrected chi connectivity index (χ4v) is 1.79. The van der Waals surface area contributed by atoms with Crippen molar-refractivity contribution in [2.45, 2.75) is 51.6 Å². The van der Waals surface area contributed by atoms with E-state index in [4.69, 9.17) is 4.74 Å². The smallest absolute Gasteiger partial charge is 0.305 e. The predicted molar refractivity (Wildman–Crippen MR) is 64.6 cm³/mol. The third-order valence-electron chi connectivity index (χ3n) is 2.79. The van der Waals surface area contributed by atoms with Crippen LogP contribution in [0.3, 0.4) is 0 Å². The molecule has 1 saturated heterocycles. The highest BCUT2D eigenvalue weighted by Gasteiger charge is 2.27. The first kappa shape index (κ1) is 14.5. The summed E-state index contributed by atoms with van der Waals surface area (Å²) in [6, 6.07) is -0.540. The van der Waals surface area contributed by atoms with Crippen molar-refractivity contribution in [1.82, 2.24) is 10.6 Å². The van der Waals surface area contributed by atoms with Crippen molar-refractivity contribution in [2.75, 3.05) is 6.61 Å². The van der Waals surface area contributed by atoms with Gasteiger partial charge in [-0.05, 0) is 26.7 Å². The van der Waals surface area contributed by atoms with Crippen molar-refractivity contribution in [3.63, 3.8) is 0 Å². The molecule has 2 N–H and O–H groups in total. The summed E-state index contributed by atoms with van der Waals surface area (Å²) in [5.41, 5.74) is 0. The molecule has 0 radical (unpaired) electrons. The predicted octanol–water partition coefficient (Wildman–Crippen LogP) is 0.113. The van der Waals surface area contributed by atoms with E-state index in [1.54, 1.807) is 6.92 Å². The zero-order chi connectivity index (χ0) is 13.5. The van der Waals surface area contributed by atoms with E-state index in [2.05, 4.69) is 10.6 Å². The van der Waals surface area contributed by atoms with Gasteiger partial charge in [0, 0.05) is 18.9 Å². The second-order valence-electron chi connectivity index (χ2n) is 4.41. The van der Waals surface area contributed by atoms with Crippen LogP contribution in [0.2, 0.25) is 0 Å². The zero-order valence-corrected chi connectivity index (χ0v) is 10.8. The fourth-order valence-electron chi connectivity index (χ4n) is 1.79. The molecule has 0 aromatic carbocycles. The van der Waals surface area contributed by atoms with Gasteiger partial charge in [-0.15, -0.1) is 0 Å². The lowest BCUT2D eigenvalue weighted by Crippen LogP contribution is -2.45. The van der Waals surface area contributed by atoms with Crippen molar-refractivity contribution in [1.29, 1.82) is 0 Å². The highest BCUT2D eigenvalue weighted by atomic mass is 16.5. The Morgan fingerprint density at radius 3 is 2.83 bits per heavy atom. The molecule has 18 heavy (non-hydrogen) atoms.